The highest BCUT2D eigenvalue weighted by Gasteiger charge is 2.11. The Balaban J connectivity index is 2.23. The monoisotopic (exact) mass is 370 g/mol. The first-order valence-electron chi connectivity index (χ1n) is 5.63. The third kappa shape index (κ3) is 2.51. The van der Waals surface area contributed by atoms with E-state index >= 15 is 0 Å². The second-order valence-corrected chi connectivity index (χ2v) is 5.78. The lowest BCUT2D eigenvalue weighted by molar-refractivity contribution is 0.623. The van der Waals surface area contributed by atoms with Gasteiger partial charge in [0.25, 0.3) is 0 Å². The van der Waals surface area contributed by atoms with Crippen LogP contribution in [-0.4, -0.2) is 9.97 Å². The Morgan fingerprint density at radius 3 is 2.40 bits per heavy atom. The van der Waals surface area contributed by atoms with Crippen molar-refractivity contribution in [2.75, 3.05) is 0 Å². The van der Waals surface area contributed by atoms with Crippen molar-refractivity contribution in [1.29, 1.82) is 0 Å². The summed E-state index contributed by atoms with van der Waals surface area (Å²) >= 11 is 15.1. The zero-order chi connectivity index (χ0) is 14.3. The number of hydrogen-bond acceptors (Lipinski definition) is 2. The topological polar surface area (TPSA) is 25.8 Å². The van der Waals surface area contributed by atoms with E-state index < -0.39 is 5.82 Å². The Labute approximate surface area is 132 Å². The second-order valence-electron chi connectivity index (χ2n) is 4.13. The minimum Gasteiger partial charge on any atom is -0.228 e. The number of fused-ring (bicyclic) bond motifs is 1. The van der Waals surface area contributed by atoms with Crippen LogP contribution in [0, 0.1) is 5.82 Å². The van der Waals surface area contributed by atoms with Gasteiger partial charge in [0.1, 0.15) is 11.0 Å². The maximum atomic E-state index is 13.6. The Morgan fingerprint density at radius 1 is 1.00 bits per heavy atom. The van der Waals surface area contributed by atoms with Gasteiger partial charge < -0.3 is 0 Å². The minimum absolute atomic E-state index is 0.278. The first-order valence-corrected chi connectivity index (χ1v) is 7.18. The molecule has 0 fully saturated rings. The van der Waals surface area contributed by atoms with Gasteiger partial charge in [0.2, 0.25) is 0 Å². The number of hydrogen-bond donors (Lipinski definition) is 0. The number of halogens is 4. The van der Waals surface area contributed by atoms with E-state index in [2.05, 4.69) is 25.9 Å². The first kappa shape index (κ1) is 13.7. The van der Waals surface area contributed by atoms with Crippen molar-refractivity contribution in [3.8, 4) is 11.4 Å². The summed E-state index contributed by atoms with van der Waals surface area (Å²) < 4.78 is 13.9. The highest BCUT2D eigenvalue weighted by atomic mass is 79.9. The van der Waals surface area contributed by atoms with Gasteiger partial charge in [0.05, 0.1) is 9.99 Å². The molecule has 3 rings (SSSR count). The Hall–Kier alpha value is -1.23. The maximum absolute atomic E-state index is 13.6. The van der Waals surface area contributed by atoms with Gasteiger partial charge in [-0.25, -0.2) is 14.4 Å². The van der Waals surface area contributed by atoms with Crippen molar-refractivity contribution in [3.63, 3.8) is 0 Å². The van der Waals surface area contributed by atoms with Gasteiger partial charge in [-0.2, -0.15) is 0 Å². The molecule has 20 heavy (non-hydrogen) atoms. The SMILES string of the molecule is Fc1cc2nc(-c3ccc(Cl)cc3)nc(Cl)c2cc1Br. The van der Waals surface area contributed by atoms with Gasteiger partial charge in [-0.3, -0.25) is 0 Å². The average Bonchev–Trinajstić information content (AvgIpc) is 2.42. The van der Waals surface area contributed by atoms with Gasteiger partial charge in [0.15, 0.2) is 5.82 Å². The molecule has 0 aliphatic rings. The molecule has 0 amide bonds. The minimum atomic E-state index is -0.394. The van der Waals surface area contributed by atoms with Crippen LogP contribution in [0.2, 0.25) is 10.2 Å². The molecule has 0 saturated carbocycles. The number of rotatable bonds is 1. The van der Waals surface area contributed by atoms with E-state index in [0.717, 1.165) is 5.56 Å². The molecule has 0 spiro atoms. The quantitative estimate of drug-likeness (QED) is 0.527. The van der Waals surface area contributed by atoms with Crippen molar-refractivity contribution in [2.24, 2.45) is 0 Å². The van der Waals surface area contributed by atoms with E-state index in [4.69, 9.17) is 23.2 Å². The fourth-order valence-electron chi connectivity index (χ4n) is 1.81. The van der Waals surface area contributed by atoms with Crippen LogP contribution in [0.15, 0.2) is 40.9 Å². The molecule has 2 nitrogen and oxygen atoms in total. The van der Waals surface area contributed by atoms with E-state index in [1.54, 1.807) is 30.3 Å². The zero-order valence-corrected chi connectivity index (χ0v) is 13.0. The summed E-state index contributed by atoms with van der Waals surface area (Å²) in [6.07, 6.45) is 0. The Bertz CT molecular complexity index is 806. The average molecular weight is 372 g/mol. The number of benzene rings is 2. The van der Waals surface area contributed by atoms with Gasteiger partial charge >= 0.3 is 0 Å². The number of nitrogens with zero attached hydrogens (tertiary/aromatic N) is 2. The normalized spacial score (nSPS) is 11.0. The summed E-state index contributed by atoms with van der Waals surface area (Å²) in [7, 11) is 0. The van der Waals surface area contributed by atoms with E-state index in [1.165, 1.54) is 6.07 Å². The summed E-state index contributed by atoms with van der Waals surface area (Å²) in [6, 6.07) is 9.94. The van der Waals surface area contributed by atoms with E-state index in [-0.39, 0.29) is 5.15 Å². The lowest BCUT2D eigenvalue weighted by Gasteiger charge is -2.06. The third-order valence-electron chi connectivity index (χ3n) is 2.79. The van der Waals surface area contributed by atoms with Crippen molar-refractivity contribution in [1.82, 2.24) is 9.97 Å². The fraction of sp³-hybridized carbons (Fsp3) is 0. The summed E-state index contributed by atoms with van der Waals surface area (Å²) in [5.74, 6) is 0.0372. The van der Waals surface area contributed by atoms with E-state index in [1.807, 2.05) is 0 Å². The van der Waals surface area contributed by atoms with Crippen LogP contribution >= 0.6 is 39.1 Å². The molecule has 3 aromatic rings. The zero-order valence-electron chi connectivity index (χ0n) is 9.87. The third-order valence-corrected chi connectivity index (χ3v) is 3.94. The van der Waals surface area contributed by atoms with Crippen LogP contribution in [0.25, 0.3) is 22.3 Å². The molecule has 2 aromatic carbocycles. The highest BCUT2D eigenvalue weighted by Crippen LogP contribution is 2.29. The second kappa shape index (κ2) is 5.28. The molecule has 0 unspecified atom stereocenters. The molecule has 1 heterocycles. The molecule has 0 radical (unpaired) electrons. The van der Waals surface area contributed by atoms with Crippen LogP contribution in [0.3, 0.4) is 0 Å². The highest BCUT2D eigenvalue weighted by molar-refractivity contribution is 9.10. The van der Waals surface area contributed by atoms with Crippen LogP contribution in [0.4, 0.5) is 4.39 Å². The Morgan fingerprint density at radius 2 is 1.70 bits per heavy atom. The maximum Gasteiger partial charge on any atom is 0.161 e. The predicted octanol–water partition coefficient (Wildman–Crippen LogP) is 5.51. The standard InChI is InChI=1S/C14H6BrCl2FN2/c15-10-5-9-12(6-11(10)18)19-14(20-13(9)17)7-1-3-8(16)4-2-7/h1-6H. The lowest BCUT2D eigenvalue weighted by atomic mass is 10.2. The molecular formula is C14H6BrCl2FN2. The smallest absolute Gasteiger partial charge is 0.161 e. The van der Waals surface area contributed by atoms with E-state index in [0.29, 0.717) is 26.2 Å². The van der Waals surface area contributed by atoms with Crippen LogP contribution < -0.4 is 0 Å². The van der Waals surface area contributed by atoms with Crippen molar-refractivity contribution < 1.29 is 4.39 Å². The molecule has 6 heteroatoms. The fourth-order valence-corrected chi connectivity index (χ4v) is 2.52. The molecular weight excluding hydrogens is 366 g/mol. The first-order chi connectivity index (χ1) is 9.54. The molecule has 0 atom stereocenters. The van der Waals surface area contributed by atoms with Crippen LogP contribution in [0.5, 0.6) is 0 Å². The Kier molecular flexibility index (Phi) is 3.63. The van der Waals surface area contributed by atoms with Crippen molar-refractivity contribution in [2.45, 2.75) is 0 Å². The molecule has 0 aliphatic carbocycles. The van der Waals surface area contributed by atoms with Gasteiger partial charge in [-0.1, -0.05) is 23.2 Å². The summed E-state index contributed by atoms with van der Waals surface area (Å²) in [5.41, 5.74) is 1.22. The summed E-state index contributed by atoms with van der Waals surface area (Å²) in [5, 5.41) is 1.49. The van der Waals surface area contributed by atoms with Gasteiger partial charge in [-0.05, 0) is 46.3 Å². The summed E-state index contributed by atoms with van der Waals surface area (Å²) in [6.45, 7) is 0. The molecule has 0 bridgehead atoms. The molecule has 0 N–H and O–H groups in total. The predicted molar refractivity (Wildman–Crippen MR) is 82.7 cm³/mol. The van der Waals surface area contributed by atoms with Crippen molar-refractivity contribution >= 4 is 50.0 Å². The van der Waals surface area contributed by atoms with Gasteiger partial charge in [0, 0.05) is 22.0 Å². The van der Waals surface area contributed by atoms with E-state index in [9.17, 15) is 4.39 Å². The molecule has 100 valence electrons. The lowest BCUT2D eigenvalue weighted by Crippen LogP contribution is -1.93. The molecule has 1 aromatic heterocycles. The largest absolute Gasteiger partial charge is 0.228 e. The van der Waals surface area contributed by atoms with Gasteiger partial charge in [-0.15, -0.1) is 0 Å². The molecule has 0 saturated heterocycles. The van der Waals surface area contributed by atoms with Crippen LogP contribution in [0.1, 0.15) is 0 Å². The van der Waals surface area contributed by atoms with Crippen molar-refractivity contribution in [3.05, 3.63) is 56.9 Å². The summed E-state index contributed by atoms with van der Waals surface area (Å²) in [4.78, 5) is 8.58. The molecule has 0 aliphatic heterocycles. The number of aromatic nitrogens is 2. The van der Waals surface area contributed by atoms with Crippen LogP contribution in [-0.2, 0) is 0 Å².